The molecular weight excluding hydrogens is 567 g/mol. The molecule has 1 nitrogen and oxygen atoms in total. The lowest BCUT2D eigenvalue weighted by atomic mass is 9.73. The summed E-state index contributed by atoms with van der Waals surface area (Å²) in [5.41, 5.74) is 15.3. The van der Waals surface area contributed by atoms with Gasteiger partial charge in [-0.25, -0.2) is 0 Å². The minimum atomic E-state index is -0.0393. The van der Waals surface area contributed by atoms with Gasteiger partial charge in [0.25, 0.3) is 0 Å². The van der Waals surface area contributed by atoms with Crippen molar-refractivity contribution in [3.63, 3.8) is 0 Å². The number of nitrogens with zero attached hydrogens (tertiary/aromatic N) is 1. The average Bonchev–Trinajstić information content (AvgIpc) is 3.39. The molecule has 1 aliphatic rings. The molecule has 0 unspecified atom stereocenters. The van der Waals surface area contributed by atoms with E-state index in [4.69, 9.17) is 0 Å². The number of rotatable bonds is 7. The van der Waals surface area contributed by atoms with Crippen LogP contribution in [0.4, 0.5) is 17.1 Å². The fraction of sp³-hybridized carbons (Fsp3) is 0.130. The van der Waals surface area contributed by atoms with Gasteiger partial charge >= 0.3 is 0 Å². The predicted octanol–water partition coefficient (Wildman–Crippen LogP) is 13.0. The highest BCUT2D eigenvalue weighted by Crippen LogP contribution is 2.55. The Morgan fingerprint density at radius 2 is 1.06 bits per heavy atom. The maximum absolute atomic E-state index is 2.50. The van der Waals surface area contributed by atoms with Gasteiger partial charge in [0.2, 0.25) is 0 Å². The van der Waals surface area contributed by atoms with Crippen LogP contribution in [0.2, 0.25) is 0 Å². The highest BCUT2D eigenvalue weighted by molar-refractivity contribution is 5.97. The van der Waals surface area contributed by atoms with Crippen molar-refractivity contribution in [1.29, 1.82) is 0 Å². The Balaban J connectivity index is 1.36. The van der Waals surface area contributed by atoms with E-state index in [1.807, 2.05) is 0 Å². The van der Waals surface area contributed by atoms with Crippen LogP contribution in [0.3, 0.4) is 0 Å². The van der Waals surface area contributed by atoms with E-state index in [-0.39, 0.29) is 5.41 Å². The Labute approximate surface area is 278 Å². The first-order valence-corrected chi connectivity index (χ1v) is 16.9. The molecular formula is C46H39N. The zero-order valence-electron chi connectivity index (χ0n) is 27.4. The number of aryl methyl sites for hydroxylation is 1. The second kappa shape index (κ2) is 11.8. The molecule has 0 fully saturated rings. The summed E-state index contributed by atoms with van der Waals surface area (Å²) in [5.74, 6) is 0. The molecule has 0 heterocycles. The fourth-order valence-corrected chi connectivity index (χ4v) is 8.00. The summed E-state index contributed by atoms with van der Waals surface area (Å²) in [5, 5.41) is 2.62. The molecule has 7 aromatic rings. The van der Waals surface area contributed by atoms with E-state index in [0.717, 1.165) is 18.5 Å². The quantitative estimate of drug-likeness (QED) is 0.175. The van der Waals surface area contributed by atoms with Crippen molar-refractivity contribution in [2.45, 2.75) is 39.0 Å². The summed E-state index contributed by atoms with van der Waals surface area (Å²) in [7, 11) is 0. The van der Waals surface area contributed by atoms with Crippen molar-refractivity contribution in [2.75, 3.05) is 4.90 Å². The van der Waals surface area contributed by atoms with Gasteiger partial charge in [0.15, 0.2) is 0 Å². The molecule has 0 bridgehead atoms. The van der Waals surface area contributed by atoms with Gasteiger partial charge in [-0.2, -0.15) is 0 Å². The van der Waals surface area contributed by atoms with Gasteiger partial charge in [0.05, 0.1) is 5.69 Å². The van der Waals surface area contributed by atoms with Crippen LogP contribution in [0, 0.1) is 6.92 Å². The summed E-state index contributed by atoms with van der Waals surface area (Å²) < 4.78 is 0. The molecule has 1 heteroatoms. The van der Waals surface area contributed by atoms with E-state index in [1.54, 1.807) is 0 Å². The molecule has 0 atom stereocenters. The van der Waals surface area contributed by atoms with Crippen molar-refractivity contribution in [3.05, 3.63) is 174 Å². The van der Waals surface area contributed by atoms with E-state index in [0.29, 0.717) is 0 Å². The van der Waals surface area contributed by atoms with Crippen LogP contribution in [0.25, 0.3) is 44.2 Å². The first kappa shape index (κ1) is 29.0. The maximum atomic E-state index is 2.50. The third-order valence-electron chi connectivity index (χ3n) is 10.4. The summed E-state index contributed by atoms with van der Waals surface area (Å²) in [6, 6.07) is 58.2. The Hall–Kier alpha value is -5.40. The maximum Gasteiger partial charge on any atom is 0.0540 e. The zero-order chi connectivity index (χ0) is 32.0. The Morgan fingerprint density at radius 3 is 1.81 bits per heavy atom. The van der Waals surface area contributed by atoms with Gasteiger partial charge in [-0.05, 0) is 118 Å². The fourth-order valence-electron chi connectivity index (χ4n) is 8.00. The number of fused-ring (bicyclic) bond motifs is 4. The number of hydrogen-bond acceptors (Lipinski definition) is 1. The number of para-hydroxylation sites is 1. The van der Waals surface area contributed by atoms with Crippen LogP contribution in [0.5, 0.6) is 0 Å². The second-order valence-corrected chi connectivity index (χ2v) is 12.9. The monoisotopic (exact) mass is 605 g/mol. The van der Waals surface area contributed by atoms with Crippen LogP contribution >= 0.6 is 0 Å². The lowest BCUT2D eigenvalue weighted by Gasteiger charge is -2.32. The van der Waals surface area contributed by atoms with Crippen LogP contribution in [0.15, 0.2) is 158 Å². The van der Waals surface area contributed by atoms with E-state index < -0.39 is 0 Å². The molecule has 0 aliphatic heterocycles. The molecule has 1 aliphatic carbocycles. The molecule has 0 amide bonds. The number of benzene rings is 7. The van der Waals surface area contributed by atoms with Crippen molar-refractivity contribution >= 4 is 27.8 Å². The predicted molar refractivity (Wildman–Crippen MR) is 201 cm³/mol. The third kappa shape index (κ3) is 4.77. The molecule has 47 heavy (non-hydrogen) atoms. The summed E-state index contributed by atoms with van der Waals surface area (Å²) in [6.07, 6.45) is 2.10. The molecule has 0 spiro atoms. The summed E-state index contributed by atoms with van der Waals surface area (Å²) in [4.78, 5) is 2.47. The largest absolute Gasteiger partial charge is 0.310 e. The van der Waals surface area contributed by atoms with Crippen LogP contribution in [-0.4, -0.2) is 0 Å². The smallest absolute Gasteiger partial charge is 0.0540 e. The molecule has 228 valence electrons. The molecule has 7 aromatic carbocycles. The summed E-state index contributed by atoms with van der Waals surface area (Å²) in [6.45, 7) is 6.90. The highest BCUT2D eigenvalue weighted by atomic mass is 15.1. The Kier molecular flexibility index (Phi) is 7.26. The van der Waals surface area contributed by atoms with E-state index in [1.165, 1.54) is 72.2 Å². The molecule has 0 aromatic heterocycles. The van der Waals surface area contributed by atoms with Crippen molar-refractivity contribution in [3.8, 4) is 33.4 Å². The van der Waals surface area contributed by atoms with Crippen molar-refractivity contribution in [1.82, 2.24) is 0 Å². The molecule has 0 radical (unpaired) electrons. The van der Waals surface area contributed by atoms with Crippen molar-refractivity contribution in [2.24, 2.45) is 0 Å². The molecule has 0 N–H and O–H groups in total. The lowest BCUT2D eigenvalue weighted by molar-refractivity contribution is 0.491. The van der Waals surface area contributed by atoms with Gasteiger partial charge in [-0.1, -0.05) is 129 Å². The Morgan fingerprint density at radius 1 is 0.447 bits per heavy atom. The highest BCUT2D eigenvalue weighted by Gasteiger charge is 2.41. The summed E-state index contributed by atoms with van der Waals surface area (Å²) >= 11 is 0. The SMILES string of the molecule is CCC1(CC)c2cc(N(c3cccc(C)c3)c3ccccc3-c3ccccc3-c3ccccc3)ccc2-c2cc3ccccc3cc21. The average molecular weight is 606 g/mol. The lowest BCUT2D eigenvalue weighted by Crippen LogP contribution is -2.23. The number of hydrogen-bond donors (Lipinski definition) is 0. The Bertz CT molecular complexity index is 2240. The normalized spacial score (nSPS) is 12.9. The van der Waals surface area contributed by atoms with E-state index in [2.05, 4.69) is 183 Å². The van der Waals surface area contributed by atoms with Gasteiger partial charge < -0.3 is 4.90 Å². The van der Waals surface area contributed by atoms with Crippen LogP contribution in [0.1, 0.15) is 43.4 Å². The topological polar surface area (TPSA) is 3.24 Å². The van der Waals surface area contributed by atoms with Gasteiger partial charge in [0, 0.05) is 22.4 Å². The molecule has 0 saturated heterocycles. The van der Waals surface area contributed by atoms with Gasteiger partial charge in [-0.15, -0.1) is 0 Å². The standard InChI is InChI=1S/C46H39N/c1-4-46(5-2)43-30-35-20-10-9-19-34(35)29-42(43)40-27-26-37(31-44(40)46)47(36-21-15-16-32(3)28-36)45-25-14-13-24-41(45)39-23-12-11-22-38(39)33-17-7-6-8-18-33/h6-31H,4-5H2,1-3H3. The first-order valence-electron chi connectivity index (χ1n) is 16.9. The van der Waals surface area contributed by atoms with Crippen molar-refractivity contribution < 1.29 is 0 Å². The van der Waals surface area contributed by atoms with Crippen LogP contribution in [-0.2, 0) is 5.41 Å². The zero-order valence-corrected chi connectivity index (χ0v) is 27.4. The third-order valence-corrected chi connectivity index (χ3v) is 10.4. The first-order chi connectivity index (χ1) is 23.1. The van der Waals surface area contributed by atoms with E-state index >= 15 is 0 Å². The van der Waals surface area contributed by atoms with Crippen LogP contribution < -0.4 is 4.90 Å². The number of anilines is 3. The van der Waals surface area contributed by atoms with Gasteiger partial charge in [0.1, 0.15) is 0 Å². The minimum absolute atomic E-state index is 0.0393. The molecule has 0 saturated carbocycles. The minimum Gasteiger partial charge on any atom is -0.310 e. The van der Waals surface area contributed by atoms with E-state index in [9.17, 15) is 0 Å². The molecule has 8 rings (SSSR count). The van der Waals surface area contributed by atoms with Gasteiger partial charge in [-0.3, -0.25) is 0 Å². The second-order valence-electron chi connectivity index (χ2n) is 12.9.